The van der Waals surface area contributed by atoms with Gasteiger partial charge in [0.15, 0.2) is 5.65 Å². The molecule has 0 atom stereocenters. The Kier molecular flexibility index (Phi) is 5.42. The predicted octanol–water partition coefficient (Wildman–Crippen LogP) is 2.69. The second-order valence-electron chi connectivity index (χ2n) is 7.64. The normalized spacial score (nSPS) is 14.2. The summed E-state index contributed by atoms with van der Waals surface area (Å²) in [6, 6.07) is 17.5. The van der Waals surface area contributed by atoms with Crippen LogP contribution in [0.5, 0.6) is 0 Å². The van der Waals surface area contributed by atoms with E-state index in [1.165, 1.54) is 18.3 Å². The number of fused-ring (bicyclic) bond motifs is 1. The summed E-state index contributed by atoms with van der Waals surface area (Å²) in [6.45, 7) is 3.87. The molecule has 0 amide bonds. The van der Waals surface area contributed by atoms with Crippen LogP contribution in [0.2, 0.25) is 0 Å². The van der Waals surface area contributed by atoms with Crippen molar-refractivity contribution < 1.29 is 8.42 Å². The number of nitriles is 1. The first-order valence-electron chi connectivity index (χ1n) is 10.5. The fraction of sp³-hybridized carbons (Fsp3) is 0.174. The zero-order valence-corrected chi connectivity index (χ0v) is 18.5. The molecule has 0 radical (unpaired) electrons. The third kappa shape index (κ3) is 4.11. The number of nitrogens with zero attached hydrogens (tertiary/aromatic N) is 5. The van der Waals surface area contributed by atoms with Crippen molar-refractivity contribution in [3.63, 3.8) is 0 Å². The number of nitrogens with one attached hydrogen (secondary N) is 2. The molecule has 166 valence electrons. The molecule has 5 rings (SSSR count). The van der Waals surface area contributed by atoms with Crippen LogP contribution in [0, 0.1) is 11.3 Å². The maximum absolute atomic E-state index is 13.2. The molecule has 33 heavy (non-hydrogen) atoms. The molecule has 1 aliphatic rings. The first-order chi connectivity index (χ1) is 16.0. The SMILES string of the molecule is N#Cc1cccc(S(=O)(=O)n2ccc3cnc(Nc4ccc(N5CCNCC5)cc4)nc32)c1. The predicted molar refractivity (Wildman–Crippen MR) is 126 cm³/mol. The first-order valence-corrected chi connectivity index (χ1v) is 11.9. The Morgan fingerprint density at radius 3 is 2.61 bits per heavy atom. The number of aromatic nitrogens is 3. The van der Waals surface area contributed by atoms with Gasteiger partial charge in [0, 0.05) is 55.3 Å². The fourth-order valence-corrected chi connectivity index (χ4v) is 5.14. The van der Waals surface area contributed by atoms with E-state index in [-0.39, 0.29) is 16.1 Å². The van der Waals surface area contributed by atoms with E-state index in [4.69, 9.17) is 5.26 Å². The number of hydrogen-bond donors (Lipinski definition) is 2. The maximum Gasteiger partial charge on any atom is 0.269 e. The Balaban J connectivity index is 1.43. The fourth-order valence-electron chi connectivity index (χ4n) is 3.80. The molecule has 2 N–H and O–H groups in total. The summed E-state index contributed by atoms with van der Waals surface area (Å²) in [5.41, 5.74) is 2.48. The summed E-state index contributed by atoms with van der Waals surface area (Å²) in [7, 11) is -3.93. The number of benzene rings is 2. The zero-order valence-electron chi connectivity index (χ0n) is 17.6. The Morgan fingerprint density at radius 2 is 1.85 bits per heavy atom. The van der Waals surface area contributed by atoms with Gasteiger partial charge in [-0.3, -0.25) is 0 Å². The van der Waals surface area contributed by atoms with E-state index >= 15 is 0 Å². The van der Waals surface area contributed by atoms with Gasteiger partial charge in [-0.1, -0.05) is 6.07 Å². The van der Waals surface area contributed by atoms with E-state index in [0.717, 1.165) is 41.5 Å². The lowest BCUT2D eigenvalue weighted by atomic mass is 10.2. The van der Waals surface area contributed by atoms with Crippen molar-refractivity contribution >= 4 is 38.4 Å². The van der Waals surface area contributed by atoms with Crippen molar-refractivity contribution in [2.24, 2.45) is 0 Å². The van der Waals surface area contributed by atoms with Crippen LogP contribution in [0.15, 0.2) is 71.9 Å². The molecule has 1 aliphatic heterocycles. The second-order valence-corrected chi connectivity index (χ2v) is 9.45. The Morgan fingerprint density at radius 1 is 1.06 bits per heavy atom. The molecule has 0 unspecified atom stereocenters. The molecule has 2 aromatic carbocycles. The lowest BCUT2D eigenvalue weighted by Gasteiger charge is -2.29. The lowest BCUT2D eigenvalue weighted by molar-refractivity contribution is 0.588. The minimum absolute atomic E-state index is 0.0238. The van der Waals surface area contributed by atoms with Crippen molar-refractivity contribution in [2.75, 3.05) is 36.4 Å². The van der Waals surface area contributed by atoms with Crippen molar-refractivity contribution in [3.8, 4) is 6.07 Å². The third-order valence-electron chi connectivity index (χ3n) is 5.52. The molecule has 3 heterocycles. The average molecular weight is 460 g/mol. The standard InChI is InChI=1S/C23H21N7O2S/c24-15-17-2-1-3-21(14-17)33(31,32)30-11-8-18-16-26-23(28-22(18)30)27-19-4-6-20(7-5-19)29-12-9-25-10-13-29/h1-8,11,14,16,25H,9-10,12-13H2,(H,26,27,28). The monoisotopic (exact) mass is 459 g/mol. The van der Waals surface area contributed by atoms with Crippen molar-refractivity contribution in [1.82, 2.24) is 19.3 Å². The number of rotatable bonds is 5. The minimum Gasteiger partial charge on any atom is -0.369 e. The topological polar surface area (TPSA) is 116 Å². The van der Waals surface area contributed by atoms with Crippen LogP contribution in [0.25, 0.3) is 11.0 Å². The van der Waals surface area contributed by atoms with Crippen LogP contribution in [0.4, 0.5) is 17.3 Å². The van der Waals surface area contributed by atoms with Gasteiger partial charge in [0.2, 0.25) is 5.95 Å². The van der Waals surface area contributed by atoms with Crippen LogP contribution in [0.3, 0.4) is 0 Å². The molecule has 1 saturated heterocycles. The summed E-state index contributed by atoms with van der Waals surface area (Å²) in [5.74, 6) is 0.290. The van der Waals surface area contributed by atoms with Crippen molar-refractivity contribution in [2.45, 2.75) is 4.90 Å². The van der Waals surface area contributed by atoms with Crippen molar-refractivity contribution in [1.29, 1.82) is 5.26 Å². The highest BCUT2D eigenvalue weighted by Gasteiger charge is 2.21. The molecular formula is C23H21N7O2S. The number of hydrogen-bond acceptors (Lipinski definition) is 8. The highest BCUT2D eigenvalue weighted by atomic mass is 32.2. The van der Waals surface area contributed by atoms with E-state index in [1.807, 2.05) is 30.3 Å². The van der Waals surface area contributed by atoms with Gasteiger partial charge in [0.1, 0.15) is 0 Å². The molecule has 2 aromatic heterocycles. The van der Waals surface area contributed by atoms with Gasteiger partial charge < -0.3 is 15.5 Å². The summed E-state index contributed by atoms with van der Waals surface area (Å²) in [5, 5.41) is 16.2. The summed E-state index contributed by atoms with van der Waals surface area (Å²) >= 11 is 0. The van der Waals surface area contributed by atoms with Crippen LogP contribution in [-0.4, -0.2) is 48.5 Å². The van der Waals surface area contributed by atoms with E-state index in [9.17, 15) is 8.42 Å². The molecule has 4 aromatic rings. The summed E-state index contributed by atoms with van der Waals surface area (Å²) < 4.78 is 27.5. The highest BCUT2D eigenvalue weighted by molar-refractivity contribution is 7.90. The number of anilines is 3. The lowest BCUT2D eigenvalue weighted by Crippen LogP contribution is -2.43. The summed E-state index contributed by atoms with van der Waals surface area (Å²) in [4.78, 5) is 11.1. The zero-order chi connectivity index (χ0) is 22.8. The van der Waals surface area contributed by atoms with E-state index < -0.39 is 10.0 Å². The Labute approximate surface area is 191 Å². The molecule has 0 aliphatic carbocycles. The van der Waals surface area contributed by atoms with Crippen LogP contribution >= 0.6 is 0 Å². The highest BCUT2D eigenvalue weighted by Crippen LogP contribution is 2.24. The minimum atomic E-state index is -3.93. The number of piperazine rings is 1. The van der Waals surface area contributed by atoms with Gasteiger partial charge in [-0.05, 0) is 48.5 Å². The van der Waals surface area contributed by atoms with Gasteiger partial charge in [-0.2, -0.15) is 10.2 Å². The smallest absolute Gasteiger partial charge is 0.269 e. The molecule has 0 saturated carbocycles. The molecule has 1 fully saturated rings. The van der Waals surface area contributed by atoms with Crippen LogP contribution < -0.4 is 15.5 Å². The second kappa shape index (κ2) is 8.54. The quantitative estimate of drug-likeness (QED) is 0.468. The average Bonchev–Trinajstić information content (AvgIpc) is 3.29. The molecule has 0 bridgehead atoms. The molecule has 10 heteroatoms. The van der Waals surface area contributed by atoms with E-state index in [0.29, 0.717) is 11.3 Å². The van der Waals surface area contributed by atoms with Crippen LogP contribution in [0.1, 0.15) is 5.56 Å². The maximum atomic E-state index is 13.2. The van der Waals surface area contributed by atoms with Gasteiger partial charge in [-0.15, -0.1) is 0 Å². The summed E-state index contributed by atoms with van der Waals surface area (Å²) in [6.07, 6.45) is 3.03. The van der Waals surface area contributed by atoms with E-state index in [1.54, 1.807) is 24.4 Å². The van der Waals surface area contributed by atoms with Crippen molar-refractivity contribution in [3.05, 3.63) is 72.6 Å². The Hall–Kier alpha value is -3.94. The van der Waals surface area contributed by atoms with Gasteiger partial charge >= 0.3 is 0 Å². The molecule has 0 spiro atoms. The van der Waals surface area contributed by atoms with E-state index in [2.05, 4.69) is 25.5 Å². The molecule has 9 nitrogen and oxygen atoms in total. The Bertz CT molecular complexity index is 1450. The first kappa shape index (κ1) is 20.9. The van der Waals surface area contributed by atoms with Gasteiger partial charge in [-0.25, -0.2) is 17.4 Å². The third-order valence-corrected chi connectivity index (χ3v) is 7.18. The van der Waals surface area contributed by atoms with Gasteiger partial charge in [0.05, 0.1) is 16.5 Å². The molecular weight excluding hydrogens is 438 g/mol. The van der Waals surface area contributed by atoms with Gasteiger partial charge in [0.25, 0.3) is 10.0 Å². The largest absolute Gasteiger partial charge is 0.369 e. The van der Waals surface area contributed by atoms with Crippen LogP contribution in [-0.2, 0) is 10.0 Å².